The van der Waals surface area contributed by atoms with Gasteiger partial charge in [-0.25, -0.2) is 4.39 Å². The average molecular weight is 129 g/mol. The Bertz CT molecular complexity index is 106. The van der Waals surface area contributed by atoms with Gasteiger partial charge in [0, 0.05) is 12.5 Å². The molecule has 52 valence electrons. The minimum atomic E-state index is -0.917. The van der Waals surface area contributed by atoms with Gasteiger partial charge in [-0.2, -0.15) is 0 Å². The van der Waals surface area contributed by atoms with Crippen LogP contribution in [0.5, 0.6) is 0 Å². The maximum Gasteiger partial charge on any atom is 0.126 e. The smallest absolute Gasteiger partial charge is 0.126 e. The van der Waals surface area contributed by atoms with E-state index in [2.05, 4.69) is 11.2 Å². The fourth-order valence-corrected chi connectivity index (χ4v) is 0.476. The summed E-state index contributed by atoms with van der Waals surface area (Å²) in [6.07, 6.45) is 4.07. The first kappa shape index (κ1) is 8.45. The first-order valence-corrected chi connectivity index (χ1v) is 2.97. The van der Waals surface area contributed by atoms with E-state index < -0.39 is 6.17 Å². The zero-order valence-corrected chi connectivity index (χ0v) is 5.82. The molecule has 0 aliphatic heterocycles. The molecule has 0 rings (SSSR count). The van der Waals surface area contributed by atoms with E-state index in [0.29, 0.717) is 6.54 Å². The van der Waals surface area contributed by atoms with Crippen LogP contribution >= 0.6 is 0 Å². The fourth-order valence-electron chi connectivity index (χ4n) is 0.476. The lowest BCUT2D eigenvalue weighted by atomic mass is 10.1. The van der Waals surface area contributed by atoms with E-state index in [0.717, 1.165) is 0 Å². The monoisotopic (exact) mass is 129 g/mol. The van der Waals surface area contributed by atoms with E-state index in [1.165, 1.54) is 0 Å². The van der Waals surface area contributed by atoms with Gasteiger partial charge in [0.1, 0.15) is 6.17 Å². The molecule has 2 unspecified atom stereocenters. The zero-order valence-electron chi connectivity index (χ0n) is 5.82. The summed E-state index contributed by atoms with van der Waals surface area (Å²) in [6.45, 7) is 2.04. The lowest BCUT2D eigenvalue weighted by molar-refractivity contribution is 0.276. The average Bonchev–Trinajstić information content (AvgIpc) is 1.87. The van der Waals surface area contributed by atoms with Crippen molar-refractivity contribution in [2.24, 2.45) is 5.92 Å². The van der Waals surface area contributed by atoms with E-state index in [9.17, 15) is 4.39 Å². The number of rotatable bonds is 3. The number of hydrogen-bond acceptors (Lipinski definition) is 1. The predicted octanol–water partition coefficient (Wildman–Crippen LogP) is 0.813. The quantitative estimate of drug-likeness (QED) is 0.556. The molecule has 1 N–H and O–H groups in total. The highest BCUT2D eigenvalue weighted by Gasteiger charge is 2.11. The van der Waals surface area contributed by atoms with Gasteiger partial charge >= 0.3 is 0 Å². The summed E-state index contributed by atoms with van der Waals surface area (Å²) in [5.41, 5.74) is 0. The molecular formula is C7H12FN. The van der Waals surface area contributed by atoms with Gasteiger partial charge in [-0.15, -0.1) is 12.3 Å². The minimum Gasteiger partial charge on any atom is -0.317 e. The third kappa shape index (κ3) is 3.10. The molecule has 0 bridgehead atoms. The Hall–Kier alpha value is -0.550. The topological polar surface area (TPSA) is 12.0 Å². The van der Waals surface area contributed by atoms with Crippen LogP contribution in [-0.4, -0.2) is 19.8 Å². The van der Waals surface area contributed by atoms with Gasteiger partial charge in [-0.1, -0.05) is 0 Å². The molecule has 0 aromatic heterocycles. The predicted molar refractivity (Wildman–Crippen MR) is 36.8 cm³/mol. The Morgan fingerprint density at radius 1 is 1.78 bits per heavy atom. The van der Waals surface area contributed by atoms with Crippen LogP contribution in [-0.2, 0) is 0 Å². The standard InChI is InChI=1S/C7H12FN/c1-4-6(2)7(8)5-9-3/h1,6-7,9H,5H2,2-3H3. The highest BCUT2D eigenvalue weighted by Crippen LogP contribution is 2.03. The summed E-state index contributed by atoms with van der Waals surface area (Å²) in [5.74, 6) is 2.05. The lowest BCUT2D eigenvalue weighted by Crippen LogP contribution is -2.24. The van der Waals surface area contributed by atoms with Crippen molar-refractivity contribution in [2.75, 3.05) is 13.6 Å². The number of terminal acetylenes is 1. The molecule has 0 saturated heterocycles. The van der Waals surface area contributed by atoms with Crippen LogP contribution in [0.15, 0.2) is 0 Å². The van der Waals surface area contributed by atoms with E-state index in [-0.39, 0.29) is 5.92 Å². The molecule has 1 nitrogen and oxygen atoms in total. The van der Waals surface area contributed by atoms with Crippen molar-refractivity contribution in [1.82, 2.24) is 5.32 Å². The Balaban J connectivity index is 3.48. The van der Waals surface area contributed by atoms with Crippen LogP contribution in [0.25, 0.3) is 0 Å². The highest BCUT2D eigenvalue weighted by atomic mass is 19.1. The molecule has 0 aliphatic rings. The van der Waals surface area contributed by atoms with E-state index in [1.807, 2.05) is 0 Å². The molecule has 0 heterocycles. The number of alkyl halides is 1. The minimum absolute atomic E-state index is 0.280. The number of hydrogen-bond donors (Lipinski definition) is 1. The third-order valence-corrected chi connectivity index (χ3v) is 1.20. The number of nitrogens with one attached hydrogen (secondary N) is 1. The van der Waals surface area contributed by atoms with Crippen LogP contribution in [0, 0.1) is 18.3 Å². The molecule has 0 fully saturated rings. The van der Waals surface area contributed by atoms with Gasteiger partial charge in [0.25, 0.3) is 0 Å². The SMILES string of the molecule is C#CC(C)C(F)CNC. The van der Waals surface area contributed by atoms with Crippen LogP contribution in [0.2, 0.25) is 0 Å². The first-order chi connectivity index (χ1) is 4.22. The Morgan fingerprint density at radius 3 is 2.67 bits per heavy atom. The summed E-state index contributed by atoms with van der Waals surface area (Å²) < 4.78 is 12.6. The molecule has 0 aromatic carbocycles. The molecule has 0 amide bonds. The van der Waals surface area contributed by atoms with Gasteiger partial charge in [0.05, 0.1) is 0 Å². The molecule has 0 radical (unpaired) electrons. The normalized spacial score (nSPS) is 16.2. The van der Waals surface area contributed by atoms with E-state index in [1.54, 1.807) is 14.0 Å². The third-order valence-electron chi connectivity index (χ3n) is 1.20. The van der Waals surface area contributed by atoms with Crippen LogP contribution in [0.3, 0.4) is 0 Å². The second-order valence-electron chi connectivity index (χ2n) is 2.03. The van der Waals surface area contributed by atoms with Crippen LogP contribution in [0.1, 0.15) is 6.92 Å². The summed E-state index contributed by atoms with van der Waals surface area (Å²) in [4.78, 5) is 0. The highest BCUT2D eigenvalue weighted by molar-refractivity contribution is 4.94. The summed E-state index contributed by atoms with van der Waals surface area (Å²) in [7, 11) is 1.70. The van der Waals surface area contributed by atoms with Gasteiger partial charge in [-0.3, -0.25) is 0 Å². The second kappa shape index (κ2) is 4.34. The molecule has 0 saturated carbocycles. The molecule has 2 heteroatoms. The lowest BCUT2D eigenvalue weighted by Gasteiger charge is -2.08. The van der Waals surface area contributed by atoms with Gasteiger partial charge in [0.15, 0.2) is 0 Å². The number of halogens is 1. The maximum atomic E-state index is 12.6. The van der Waals surface area contributed by atoms with Gasteiger partial charge in [0.2, 0.25) is 0 Å². The molecule has 0 aliphatic carbocycles. The summed E-state index contributed by atoms with van der Waals surface area (Å²) >= 11 is 0. The second-order valence-corrected chi connectivity index (χ2v) is 2.03. The van der Waals surface area contributed by atoms with Crippen molar-refractivity contribution in [2.45, 2.75) is 13.1 Å². The molecule has 0 spiro atoms. The molecule has 2 atom stereocenters. The van der Waals surface area contributed by atoms with Crippen molar-refractivity contribution in [3.05, 3.63) is 0 Å². The first-order valence-electron chi connectivity index (χ1n) is 2.97. The Morgan fingerprint density at radius 2 is 2.33 bits per heavy atom. The maximum absolute atomic E-state index is 12.6. The zero-order chi connectivity index (χ0) is 7.28. The van der Waals surface area contributed by atoms with E-state index in [4.69, 9.17) is 6.42 Å². The molecular weight excluding hydrogens is 117 g/mol. The van der Waals surface area contributed by atoms with Crippen molar-refractivity contribution in [3.63, 3.8) is 0 Å². The fraction of sp³-hybridized carbons (Fsp3) is 0.714. The van der Waals surface area contributed by atoms with Crippen LogP contribution in [0.4, 0.5) is 4.39 Å². The largest absolute Gasteiger partial charge is 0.317 e. The summed E-state index contributed by atoms with van der Waals surface area (Å²) in [6, 6.07) is 0. The van der Waals surface area contributed by atoms with Crippen LogP contribution < -0.4 is 5.32 Å². The molecule has 9 heavy (non-hydrogen) atoms. The van der Waals surface area contributed by atoms with Gasteiger partial charge in [-0.05, 0) is 14.0 Å². The van der Waals surface area contributed by atoms with Crippen molar-refractivity contribution in [3.8, 4) is 12.3 Å². The summed E-state index contributed by atoms with van der Waals surface area (Å²) in [5, 5.41) is 2.71. The van der Waals surface area contributed by atoms with Gasteiger partial charge < -0.3 is 5.32 Å². The Labute approximate surface area is 55.6 Å². The van der Waals surface area contributed by atoms with E-state index >= 15 is 0 Å². The molecule has 0 aromatic rings. The Kier molecular flexibility index (Phi) is 4.08. The van der Waals surface area contributed by atoms with Crippen molar-refractivity contribution in [1.29, 1.82) is 0 Å². The van der Waals surface area contributed by atoms with Crippen molar-refractivity contribution < 1.29 is 4.39 Å². The van der Waals surface area contributed by atoms with Crippen molar-refractivity contribution >= 4 is 0 Å².